The molecule has 0 amide bonds. The molecule has 0 spiro atoms. The van der Waals surface area contributed by atoms with Crippen molar-refractivity contribution in [1.82, 2.24) is 4.98 Å². The van der Waals surface area contributed by atoms with Crippen molar-refractivity contribution in [3.05, 3.63) is 59.9 Å². The molecule has 17 heavy (non-hydrogen) atoms. The predicted molar refractivity (Wildman–Crippen MR) is 69.3 cm³/mol. The molecular formula is C14H16N2O. The second-order valence-corrected chi connectivity index (χ2v) is 4.00. The molecule has 2 N–H and O–H groups in total. The van der Waals surface area contributed by atoms with E-state index in [1.54, 1.807) is 6.21 Å². The first-order valence-corrected chi connectivity index (χ1v) is 5.67. The van der Waals surface area contributed by atoms with Crippen molar-refractivity contribution in [1.29, 1.82) is 0 Å². The van der Waals surface area contributed by atoms with Gasteiger partial charge in [0.25, 0.3) is 0 Å². The SMILES string of the molecule is C[C@@H](N=Cc1ccc[nH]1)[C@@H](O)c1ccccc1. The fourth-order valence-corrected chi connectivity index (χ4v) is 1.63. The highest BCUT2D eigenvalue weighted by molar-refractivity contribution is 5.77. The number of aromatic amines is 1. The Labute approximate surface area is 101 Å². The van der Waals surface area contributed by atoms with Crippen LogP contribution in [0.3, 0.4) is 0 Å². The molecule has 2 atom stereocenters. The first-order valence-electron chi connectivity index (χ1n) is 5.67. The molecule has 0 unspecified atom stereocenters. The Hall–Kier alpha value is -1.87. The molecule has 3 nitrogen and oxygen atoms in total. The van der Waals surface area contributed by atoms with Crippen molar-refractivity contribution in [2.75, 3.05) is 0 Å². The van der Waals surface area contributed by atoms with Crippen molar-refractivity contribution in [2.24, 2.45) is 4.99 Å². The number of aliphatic hydroxyl groups is 1. The summed E-state index contributed by atoms with van der Waals surface area (Å²) in [7, 11) is 0. The minimum Gasteiger partial charge on any atom is -0.386 e. The number of aliphatic imine (C=N–C) groups is 1. The number of aromatic nitrogens is 1. The lowest BCUT2D eigenvalue weighted by atomic mass is 10.0. The lowest BCUT2D eigenvalue weighted by Crippen LogP contribution is -2.12. The van der Waals surface area contributed by atoms with Crippen LogP contribution in [0.5, 0.6) is 0 Å². The van der Waals surface area contributed by atoms with E-state index < -0.39 is 6.10 Å². The minimum atomic E-state index is -0.567. The van der Waals surface area contributed by atoms with Gasteiger partial charge in [0.05, 0.1) is 11.7 Å². The van der Waals surface area contributed by atoms with Crippen LogP contribution < -0.4 is 0 Å². The van der Waals surface area contributed by atoms with E-state index in [0.717, 1.165) is 11.3 Å². The van der Waals surface area contributed by atoms with E-state index in [2.05, 4.69) is 9.98 Å². The molecule has 0 aliphatic rings. The zero-order valence-electron chi connectivity index (χ0n) is 9.75. The average Bonchev–Trinajstić information content (AvgIpc) is 2.89. The van der Waals surface area contributed by atoms with Gasteiger partial charge in [-0.1, -0.05) is 30.3 Å². The highest BCUT2D eigenvalue weighted by Gasteiger charge is 2.14. The van der Waals surface area contributed by atoms with Crippen LogP contribution in [0.25, 0.3) is 0 Å². The van der Waals surface area contributed by atoms with Crippen molar-refractivity contribution < 1.29 is 5.11 Å². The van der Waals surface area contributed by atoms with Gasteiger partial charge in [-0.05, 0) is 24.6 Å². The molecule has 0 bridgehead atoms. The molecule has 0 aliphatic carbocycles. The van der Waals surface area contributed by atoms with Crippen molar-refractivity contribution in [3.63, 3.8) is 0 Å². The van der Waals surface area contributed by atoms with Crippen LogP contribution in [0.2, 0.25) is 0 Å². The Bertz CT molecular complexity index is 462. The van der Waals surface area contributed by atoms with E-state index >= 15 is 0 Å². The van der Waals surface area contributed by atoms with E-state index in [4.69, 9.17) is 0 Å². The molecule has 2 rings (SSSR count). The molecule has 0 radical (unpaired) electrons. The highest BCUT2D eigenvalue weighted by atomic mass is 16.3. The summed E-state index contributed by atoms with van der Waals surface area (Å²) in [6.07, 6.45) is 3.03. The van der Waals surface area contributed by atoms with Gasteiger partial charge in [-0.25, -0.2) is 0 Å². The summed E-state index contributed by atoms with van der Waals surface area (Å²) >= 11 is 0. The zero-order chi connectivity index (χ0) is 12.1. The maximum absolute atomic E-state index is 10.1. The summed E-state index contributed by atoms with van der Waals surface area (Å²) in [5.74, 6) is 0. The summed E-state index contributed by atoms with van der Waals surface area (Å²) in [4.78, 5) is 7.38. The van der Waals surface area contributed by atoms with Crippen LogP contribution in [0.15, 0.2) is 53.7 Å². The number of hydrogen-bond donors (Lipinski definition) is 2. The van der Waals surface area contributed by atoms with E-state index in [-0.39, 0.29) is 6.04 Å². The summed E-state index contributed by atoms with van der Waals surface area (Å²) in [6.45, 7) is 1.90. The normalized spacial score (nSPS) is 14.9. The first kappa shape index (κ1) is 11.6. The van der Waals surface area contributed by atoms with E-state index in [1.165, 1.54) is 0 Å². The van der Waals surface area contributed by atoms with Gasteiger partial charge in [0.2, 0.25) is 0 Å². The third kappa shape index (κ3) is 3.04. The van der Waals surface area contributed by atoms with Gasteiger partial charge in [0.15, 0.2) is 0 Å². The smallest absolute Gasteiger partial charge is 0.101 e. The first-order chi connectivity index (χ1) is 8.27. The quantitative estimate of drug-likeness (QED) is 0.776. The molecule has 0 fully saturated rings. The fraction of sp³-hybridized carbons (Fsp3) is 0.214. The number of nitrogens with one attached hydrogen (secondary N) is 1. The molecule has 1 aromatic heterocycles. The second-order valence-electron chi connectivity index (χ2n) is 4.00. The third-order valence-electron chi connectivity index (χ3n) is 2.67. The Morgan fingerprint density at radius 1 is 1.18 bits per heavy atom. The summed E-state index contributed by atoms with van der Waals surface area (Å²) in [6, 6.07) is 13.3. The van der Waals surface area contributed by atoms with Gasteiger partial charge in [-0.15, -0.1) is 0 Å². The van der Waals surface area contributed by atoms with Crippen molar-refractivity contribution in [2.45, 2.75) is 19.1 Å². The number of benzene rings is 1. The lowest BCUT2D eigenvalue weighted by molar-refractivity contribution is 0.154. The van der Waals surface area contributed by atoms with Crippen LogP contribution in [-0.2, 0) is 0 Å². The van der Waals surface area contributed by atoms with Gasteiger partial charge < -0.3 is 10.1 Å². The van der Waals surface area contributed by atoms with Gasteiger partial charge >= 0.3 is 0 Å². The molecule has 1 aromatic carbocycles. The average molecular weight is 228 g/mol. The monoisotopic (exact) mass is 228 g/mol. The predicted octanol–water partition coefficient (Wildman–Crippen LogP) is 2.56. The summed E-state index contributed by atoms with van der Waals surface area (Å²) in [5.41, 5.74) is 1.83. The molecule has 2 aromatic rings. The van der Waals surface area contributed by atoms with Crippen LogP contribution in [0.1, 0.15) is 24.3 Å². The van der Waals surface area contributed by atoms with Gasteiger partial charge in [0.1, 0.15) is 6.10 Å². The van der Waals surface area contributed by atoms with Crippen LogP contribution in [-0.4, -0.2) is 22.3 Å². The van der Waals surface area contributed by atoms with Crippen molar-refractivity contribution >= 4 is 6.21 Å². The van der Waals surface area contributed by atoms with Gasteiger partial charge in [-0.2, -0.15) is 0 Å². The minimum absolute atomic E-state index is 0.166. The van der Waals surface area contributed by atoms with E-state index in [0.29, 0.717) is 0 Å². The van der Waals surface area contributed by atoms with E-state index in [1.807, 2.05) is 55.6 Å². The van der Waals surface area contributed by atoms with Gasteiger partial charge in [0, 0.05) is 12.4 Å². The second kappa shape index (κ2) is 5.46. The molecule has 3 heteroatoms. The maximum Gasteiger partial charge on any atom is 0.101 e. The molecule has 1 heterocycles. The van der Waals surface area contributed by atoms with Crippen LogP contribution in [0.4, 0.5) is 0 Å². The van der Waals surface area contributed by atoms with E-state index in [9.17, 15) is 5.11 Å². The number of nitrogens with zero attached hydrogens (tertiary/aromatic N) is 1. The Kier molecular flexibility index (Phi) is 3.73. The molecule has 0 saturated carbocycles. The van der Waals surface area contributed by atoms with Crippen LogP contribution in [0, 0.1) is 0 Å². The Morgan fingerprint density at radius 2 is 1.94 bits per heavy atom. The Morgan fingerprint density at radius 3 is 2.59 bits per heavy atom. The summed E-state index contributed by atoms with van der Waals surface area (Å²) < 4.78 is 0. The largest absolute Gasteiger partial charge is 0.386 e. The zero-order valence-corrected chi connectivity index (χ0v) is 9.75. The topological polar surface area (TPSA) is 48.4 Å². The van der Waals surface area contributed by atoms with Crippen LogP contribution >= 0.6 is 0 Å². The number of hydrogen-bond acceptors (Lipinski definition) is 2. The molecule has 0 aliphatic heterocycles. The highest BCUT2D eigenvalue weighted by Crippen LogP contribution is 2.18. The Balaban J connectivity index is 2.03. The fourth-order valence-electron chi connectivity index (χ4n) is 1.63. The number of rotatable bonds is 4. The standard InChI is InChI=1S/C14H16N2O/c1-11(16-10-13-8-5-9-15-13)14(17)12-6-3-2-4-7-12/h2-11,14-15,17H,1H3/t11-,14-/m1/s1. The van der Waals surface area contributed by atoms with Crippen molar-refractivity contribution in [3.8, 4) is 0 Å². The summed E-state index contributed by atoms with van der Waals surface area (Å²) in [5, 5.41) is 10.1. The molecule has 88 valence electrons. The number of H-pyrrole nitrogens is 1. The maximum atomic E-state index is 10.1. The number of aliphatic hydroxyl groups excluding tert-OH is 1. The third-order valence-corrected chi connectivity index (χ3v) is 2.67. The van der Waals surface area contributed by atoms with Gasteiger partial charge in [-0.3, -0.25) is 4.99 Å². The lowest BCUT2D eigenvalue weighted by Gasteiger charge is -2.14. The molecular weight excluding hydrogens is 212 g/mol. The molecule has 0 saturated heterocycles.